The number of hydrogen-bond acceptors (Lipinski definition) is 6. The molecule has 2 saturated carbocycles. The van der Waals surface area contributed by atoms with Gasteiger partial charge in [0.05, 0.1) is 21.8 Å². The summed E-state index contributed by atoms with van der Waals surface area (Å²) < 4.78 is 20.9. The van der Waals surface area contributed by atoms with Crippen LogP contribution in [0.1, 0.15) is 92.9 Å². The van der Waals surface area contributed by atoms with Crippen LogP contribution >= 0.6 is 11.3 Å². The smallest absolute Gasteiger partial charge is 0.128 e. The number of thiazole rings is 1. The highest BCUT2D eigenvalue weighted by molar-refractivity contribution is 7.18. The lowest BCUT2D eigenvalue weighted by molar-refractivity contribution is 0.175. The van der Waals surface area contributed by atoms with Gasteiger partial charge in [-0.1, -0.05) is 38.7 Å². The first-order chi connectivity index (χ1) is 20.3. The van der Waals surface area contributed by atoms with Crippen LogP contribution in [0, 0.1) is 25.6 Å². The van der Waals surface area contributed by atoms with Crippen molar-refractivity contribution in [1.29, 1.82) is 0 Å². The molecule has 0 amide bonds. The predicted octanol–water partition coefficient (Wildman–Crippen LogP) is 9.48. The Bertz CT molecular complexity index is 1240. The van der Waals surface area contributed by atoms with Crippen LogP contribution in [0.4, 0.5) is 10.1 Å². The van der Waals surface area contributed by atoms with Gasteiger partial charge in [-0.05, 0) is 121 Å². The number of nitrogens with one attached hydrogen (secondary N) is 2. The van der Waals surface area contributed by atoms with Crippen LogP contribution in [-0.4, -0.2) is 54.8 Å². The first-order valence-electron chi connectivity index (χ1n) is 16.3. The van der Waals surface area contributed by atoms with Crippen LogP contribution in [0.5, 0.6) is 5.75 Å². The van der Waals surface area contributed by atoms with Crippen molar-refractivity contribution in [2.24, 2.45) is 5.92 Å². The average Bonchev–Trinajstić information content (AvgIpc) is 3.65. The maximum atomic E-state index is 13.8. The number of likely N-dealkylation sites (N-methyl/N-ethyl adjacent to an activating group) is 1. The van der Waals surface area contributed by atoms with Gasteiger partial charge in [0.1, 0.15) is 11.6 Å². The highest BCUT2D eigenvalue weighted by Crippen LogP contribution is 2.29. The minimum Gasteiger partial charge on any atom is -0.493 e. The molecule has 42 heavy (non-hydrogen) atoms. The Labute approximate surface area is 262 Å². The van der Waals surface area contributed by atoms with E-state index in [1.165, 1.54) is 62.5 Å². The number of benzene rings is 2. The summed E-state index contributed by atoms with van der Waals surface area (Å²) in [5.41, 5.74) is 2.70. The van der Waals surface area contributed by atoms with E-state index >= 15 is 0 Å². The SMILES string of the molecule is CCC(C)NCCCN(C)[C@H]1CCCC[C@@H]1Nc1ccc(C)c(F)c1.Cc1nc2ccc(OCC3CCCC3)cc2s1.[HH].[HH].[HH]. The van der Waals surface area contributed by atoms with Gasteiger partial charge in [0.15, 0.2) is 0 Å². The molecule has 1 heterocycles. The second kappa shape index (κ2) is 16.6. The molecule has 0 saturated heterocycles. The number of anilines is 1. The number of rotatable bonds is 12. The van der Waals surface area contributed by atoms with Gasteiger partial charge in [-0.15, -0.1) is 11.3 Å². The summed E-state index contributed by atoms with van der Waals surface area (Å²) in [5.74, 6) is 1.64. The molecule has 0 bridgehead atoms. The van der Waals surface area contributed by atoms with Crippen LogP contribution in [-0.2, 0) is 0 Å². The fraction of sp³-hybridized carbons (Fsp3) is 0.629. The van der Waals surface area contributed by atoms with Crippen LogP contribution in [0.15, 0.2) is 36.4 Å². The summed E-state index contributed by atoms with van der Waals surface area (Å²) in [4.78, 5) is 6.95. The van der Waals surface area contributed by atoms with Crippen LogP contribution in [0.25, 0.3) is 10.2 Å². The summed E-state index contributed by atoms with van der Waals surface area (Å²) in [7, 11) is 2.24. The fourth-order valence-electron chi connectivity index (χ4n) is 6.19. The number of halogens is 1. The molecule has 5 rings (SSSR count). The molecule has 7 heteroatoms. The molecule has 1 aromatic heterocycles. The zero-order chi connectivity index (χ0) is 29.9. The molecule has 0 aliphatic heterocycles. The van der Waals surface area contributed by atoms with Crippen LogP contribution < -0.4 is 15.4 Å². The zero-order valence-electron chi connectivity index (χ0n) is 26.6. The maximum Gasteiger partial charge on any atom is 0.128 e. The predicted molar refractivity (Wildman–Crippen MR) is 184 cm³/mol. The Balaban J connectivity index is 0.000000445. The first-order valence-corrected chi connectivity index (χ1v) is 17.1. The molecular formula is C35H59FN4OS. The minimum absolute atomic E-state index is 0. The van der Waals surface area contributed by atoms with Crippen molar-refractivity contribution >= 4 is 27.2 Å². The van der Waals surface area contributed by atoms with Crippen molar-refractivity contribution < 1.29 is 13.4 Å². The monoisotopic (exact) mass is 602 g/mol. The van der Waals surface area contributed by atoms with Crippen molar-refractivity contribution in [3.05, 3.63) is 52.8 Å². The maximum absolute atomic E-state index is 13.8. The number of ether oxygens (including phenoxy) is 1. The Morgan fingerprint density at radius 2 is 1.83 bits per heavy atom. The van der Waals surface area contributed by atoms with Gasteiger partial charge in [0, 0.05) is 28.1 Å². The largest absolute Gasteiger partial charge is 0.493 e. The Hall–Kier alpha value is -2.22. The van der Waals surface area contributed by atoms with Crippen LogP contribution in [0.3, 0.4) is 0 Å². The van der Waals surface area contributed by atoms with Crippen molar-refractivity contribution in [3.63, 3.8) is 0 Å². The molecule has 2 aromatic carbocycles. The van der Waals surface area contributed by atoms with E-state index in [1.807, 2.05) is 32.0 Å². The van der Waals surface area contributed by atoms with Crippen molar-refractivity contribution in [1.82, 2.24) is 15.2 Å². The molecule has 0 spiro atoms. The molecule has 2 fully saturated rings. The highest BCUT2D eigenvalue weighted by atomic mass is 32.1. The molecule has 2 N–H and O–H groups in total. The van der Waals surface area contributed by atoms with Gasteiger partial charge in [0.2, 0.25) is 0 Å². The number of hydrogen-bond donors (Lipinski definition) is 2. The van der Waals surface area contributed by atoms with Crippen molar-refractivity contribution in [3.8, 4) is 5.75 Å². The molecule has 5 nitrogen and oxygen atoms in total. The molecule has 1 unspecified atom stereocenters. The number of fused-ring (bicyclic) bond motifs is 1. The standard InChI is InChI=1S/C21H36FN3.C14H17NOS.3H2/c1-5-17(3)23-13-8-14-25(4)21-10-7-6-9-20(21)24-18-12-11-16(2)19(22)15-18;1-10-15-13-7-6-12(8-14(13)17-10)16-9-11-4-2-3-5-11;;;/h11-12,15,17,20-21,23-24H,5-10,13-14H2,1-4H3;6-8,11H,2-5,9H2,1H3;3*1H/t17?,20-,21-;;;;/m0..../s1. The van der Waals surface area contributed by atoms with Gasteiger partial charge in [-0.2, -0.15) is 0 Å². The van der Waals surface area contributed by atoms with E-state index in [9.17, 15) is 4.39 Å². The highest BCUT2D eigenvalue weighted by Gasteiger charge is 2.28. The summed E-state index contributed by atoms with van der Waals surface area (Å²) in [6.45, 7) is 11.4. The minimum atomic E-state index is -0.123. The van der Waals surface area contributed by atoms with E-state index in [1.54, 1.807) is 17.4 Å². The van der Waals surface area contributed by atoms with E-state index in [0.717, 1.165) is 54.0 Å². The zero-order valence-corrected chi connectivity index (χ0v) is 27.4. The number of aryl methyl sites for hydroxylation is 2. The van der Waals surface area contributed by atoms with E-state index in [4.69, 9.17) is 4.74 Å². The summed E-state index contributed by atoms with van der Waals surface area (Å²) in [5, 5.41) is 8.29. The third-order valence-electron chi connectivity index (χ3n) is 9.04. The van der Waals surface area contributed by atoms with Gasteiger partial charge >= 0.3 is 0 Å². The second-order valence-corrected chi connectivity index (χ2v) is 13.7. The fourth-order valence-corrected chi connectivity index (χ4v) is 7.05. The Morgan fingerprint density at radius 1 is 1.07 bits per heavy atom. The topological polar surface area (TPSA) is 49.4 Å². The Morgan fingerprint density at radius 3 is 2.60 bits per heavy atom. The van der Waals surface area contributed by atoms with E-state index in [2.05, 4.69) is 53.5 Å². The van der Waals surface area contributed by atoms with E-state index in [0.29, 0.717) is 23.7 Å². The normalized spacial score (nSPS) is 20.0. The lowest BCUT2D eigenvalue weighted by Crippen LogP contribution is -2.47. The molecular weight excluding hydrogens is 543 g/mol. The molecule has 2 aliphatic rings. The third-order valence-corrected chi connectivity index (χ3v) is 9.97. The van der Waals surface area contributed by atoms with Gasteiger partial charge in [-0.25, -0.2) is 9.37 Å². The molecule has 2 aliphatic carbocycles. The van der Waals surface area contributed by atoms with Crippen molar-refractivity contribution in [2.45, 2.75) is 110 Å². The summed E-state index contributed by atoms with van der Waals surface area (Å²) in [6, 6.07) is 13.3. The van der Waals surface area contributed by atoms with Gasteiger partial charge < -0.3 is 20.3 Å². The third kappa shape index (κ3) is 9.92. The number of nitrogens with zero attached hydrogens (tertiary/aromatic N) is 2. The molecule has 3 aromatic rings. The second-order valence-electron chi connectivity index (χ2n) is 12.5. The average molecular weight is 603 g/mol. The lowest BCUT2D eigenvalue weighted by Gasteiger charge is -2.39. The molecule has 0 radical (unpaired) electrons. The van der Waals surface area contributed by atoms with E-state index in [-0.39, 0.29) is 10.1 Å². The number of aromatic nitrogens is 1. The summed E-state index contributed by atoms with van der Waals surface area (Å²) >= 11 is 1.73. The lowest BCUT2D eigenvalue weighted by atomic mass is 9.89. The van der Waals surface area contributed by atoms with Crippen molar-refractivity contribution in [2.75, 3.05) is 32.1 Å². The van der Waals surface area contributed by atoms with Gasteiger partial charge in [-0.3, -0.25) is 0 Å². The molecule has 3 atom stereocenters. The summed E-state index contributed by atoms with van der Waals surface area (Å²) in [6.07, 6.45) is 12.7. The van der Waals surface area contributed by atoms with Crippen LogP contribution in [0.2, 0.25) is 0 Å². The molecule has 238 valence electrons. The van der Waals surface area contributed by atoms with Gasteiger partial charge in [0.25, 0.3) is 0 Å². The Kier molecular flexibility index (Phi) is 12.9. The quantitative estimate of drug-likeness (QED) is 0.202. The first kappa shape index (κ1) is 32.7. The van der Waals surface area contributed by atoms with E-state index < -0.39 is 0 Å².